The number of ketones is 1. The Morgan fingerprint density at radius 2 is 1.93 bits per heavy atom. The summed E-state index contributed by atoms with van der Waals surface area (Å²) in [6, 6.07) is 14.2. The fourth-order valence-electron chi connectivity index (χ4n) is 4.45. The van der Waals surface area contributed by atoms with Crippen LogP contribution in [0.5, 0.6) is 0 Å². The quantitative estimate of drug-likeness (QED) is 0.212. The van der Waals surface area contributed by atoms with Gasteiger partial charge in [-0.1, -0.05) is 62.8 Å². The van der Waals surface area contributed by atoms with E-state index in [-0.39, 0.29) is 35.8 Å². The maximum Gasteiger partial charge on any atom is 0.294 e. The summed E-state index contributed by atoms with van der Waals surface area (Å²) in [6.45, 7) is 9.29. The third kappa shape index (κ3) is 5.49. The van der Waals surface area contributed by atoms with E-state index >= 15 is 4.39 Å². The van der Waals surface area contributed by atoms with Crippen molar-refractivity contribution in [1.82, 2.24) is 15.1 Å². The van der Waals surface area contributed by atoms with Crippen LogP contribution in [0.25, 0.3) is 11.1 Å². The molecule has 0 fully saturated rings. The third-order valence-electron chi connectivity index (χ3n) is 6.62. The summed E-state index contributed by atoms with van der Waals surface area (Å²) in [5.74, 6) is -0.0989. The van der Waals surface area contributed by atoms with Crippen LogP contribution in [0.2, 0.25) is 0 Å². The minimum absolute atomic E-state index is 0.0473. The van der Waals surface area contributed by atoms with Crippen LogP contribution in [0.3, 0.4) is 0 Å². The van der Waals surface area contributed by atoms with E-state index in [4.69, 9.17) is 9.52 Å². The van der Waals surface area contributed by atoms with E-state index in [0.717, 1.165) is 22.4 Å². The molecule has 2 aromatic carbocycles. The molecule has 0 aliphatic carbocycles. The van der Waals surface area contributed by atoms with Crippen molar-refractivity contribution in [3.8, 4) is 11.1 Å². The van der Waals surface area contributed by atoms with E-state index in [2.05, 4.69) is 27.0 Å². The number of anilines is 1. The van der Waals surface area contributed by atoms with E-state index in [1.807, 2.05) is 51.1 Å². The van der Waals surface area contributed by atoms with Gasteiger partial charge in [-0.2, -0.15) is 4.98 Å². The molecular weight excluding hydrogens is 509 g/mol. The Bertz CT molecular complexity index is 1670. The van der Waals surface area contributed by atoms with Gasteiger partial charge >= 0.3 is 0 Å². The highest BCUT2D eigenvalue weighted by atomic mass is 19.1. The predicted molar refractivity (Wildman–Crippen MR) is 150 cm³/mol. The summed E-state index contributed by atoms with van der Waals surface area (Å²) < 4.78 is 20.3. The van der Waals surface area contributed by atoms with Crippen LogP contribution in [-0.2, 0) is 23.1 Å². The molecule has 0 radical (unpaired) electrons. The Balaban J connectivity index is 1.33. The number of aliphatic imine (C=N–C) groups is 1. The number of carbonyl (C=O) groups is 2. The Morgan fingerprint density at radius 3 is 2.65 bits per heavy atom. The maximum atomic E-state index is 15.2. The molecule has 8 nitrogen and oxygen atoms in total. The first kappa shape index (κ1) is 26.8. The predicted octanol–water partition coefficient (Wildman–Crippen LogP) is 6.19. The average molecular weight is 538 g/mol. The second kappa shape index (κ2) is 10.8. The number of hydrogen-bond acceptors (Lipinski definition) is 7. The van der Waals surface area contributed by atoms with Crippen LogP contribution in [0.4, 0.5) is 15.9 Å². The Hall–Kier alpha value is -4.79. The zero-order valence-electron chi connectivity index (χ0n) is 22.5. The number of pyridine rings is 1. The van der Waals surface area contributed by atoms with Gasteiger partial charge in [0, 0.05) is 35.6 Å². The zero-order chi connectivity index (χ0) is 28.4. The number of nitrogens with one attached hydrogen (secondary N) is 1. The van der Waals surface area contributed by atoms with Crippen molar-refractivity contribution >= 4 is 28.9 Å². The molecule has 5 rings (SSSR count). The van der Waals surface area contributed by atoms with Crippen LogP contribution in [0, 0.1) is 5.82 Å². The maximum absolute atomic E-state index is 15.2. The Labute approximate surface area is 231 Å². The first-order valence-electron chi connectivity index (χ1n) is 12.9. The molecule has 1 N–H and O–H groups in total. The fraction of sp³-hybridized carbons (Fsp3) is 0.226. The number of Topliss-reactive ketones (excluding diaryl/α,β-unsaturated/α-hetero) is 1. The summed E-state index contributed by atoms with van der Waals surface area (Å²) in [6.07, 6.45) is 3.58. The molecule has 0 atom stereocenters. The Kier molecular flexibility index (Phi) is 7.21. The topological polar surface area (TPSA) is 110 Å². The summed E-state index contributed by atoms with van der Waals surface area (Å²) in [7, 11) is 0. The monoisotopic (exact) mass is 537 g/mol. The normalized spacial score (nSPS) is 12.6. The minimum atomic E-state index is -0.409. The van der Waals surface area contributed by atoms with Gasteiger partial charge in [0.2, 0.25) is 11.7 Å². The molecule has 0 spiro atoms. The molecule has 202 valence electrons. The second-order valence-corrected chi connectivity index (χ2v) is 10.5. The number of carbonyl (C=O) groups excluding carboxylic acids is 2. The van der Waals surface area contributed by atoms with Crippen molar-refractivity contribution in [3.63, 3.8) is 0 Å². The van der Waals surface area contributed by atoms with Gasteiger partial charge in [0.25, 0.3) is 5.89 Å². The lowest BCUT2D eigenvalue weighted by molar-refractivity contribution is -0.111. The first-order valence-corrected chi connectivity index (χ1v) is 12.9. The number of rotatable bonds is 8. The SMILES string of the molecule is C=CC(=O)Nc1ccccc1C1=Nc2nccc(-c3ccc(CCC(=O)c4nc(C(C)(C)C)no4)c(F)c3)c2C1. The van der Waals surface area contributed by atoms with Crippen LogP contribution in [0.1, 0.15) is 60.4 Å². The highest BCUT2D eigenvalue weighted by molar-refractivity contribution is 6.13. The summed E-state index contributed by atoms with van der Waals surface area (Å²) in [5.41, 5.74) is 4.61. The number of aromatic nitrogens is 3. The molecule has 0 saturated carbocycles. The number of amides is 1. The number of benzene rings is 2. The van der Waals surface area contributed by atoms with Gasteiger partial charge in [-0.25, -0.2) is 14.4 Å². The van der Waals surface area contributed by atoms with Gasteiger partial charge in [-0.3, -0.25) is 9.59 Å². The number of hydrogen-bond donors (Lipinski definition) is 1. The average Bonchev–Trinajstić information content (AvgIpc) is 3.60. The third-order valence-corrected chi connectivity index (χ3v) is 6.62. The van der Waals surface area contributed by atoms with Gasteiger partial charge in [0.05, 0.1) is 11.4 Å². The summed E-state index contributed by atoms with van der Waals surface area (Å²) in [5, 5.41) is 6.70. The van der Waals surface area contributed by atoms with Crippen molar-refractivity contribution in [2.24, 2.45) is 4.99 Å². The van der Waals surface area contributed by atoms with E-state index in [9.17, 15) is 9.59 Å². The molecule has 0 unspecified atom stereocenters. The molecule has 40 heavy (non-hydrogen) atoms. The van der Waals surface area contributed by atoms with Crippen LogP contribution in [0.15, 0.2) is 76.9 Å². The fourth-order valence-corrected chi connectivity index (χ4v) is 4.45. The van der Waals surface area contributed by atoms with Crippen molar-refractivity contribution in [1.29, 1.82) is 0 Å². The lowest BCUT2D eigenvalue weighted by Gasteiger charge is -2.11. The van der Waals surface area contributed by atoms with Gasteiger partial charge < -0.3 is 9.84 Å². The lowest BCUT2D eigenvalue weighted by atomic mass is 9.95. The highest BCUT2D eigenvalue weighted by Crippen LogP contribution is 2.36. The van der Waals surface area contributed by atoms with Crippen LogP contribution in [-0.4, -0.2) is 32.5 Å². The van der Waals surface area contributed by atoms with Crippen LogP contribution >= 0.6 is 0 Å². The van der Waals surface area contributed by atoms with Gasteiger partial charge in [-0.15, -0.1) is 0 Å². The van der Waals surface area contributed by atoms with Gasteiger partial charge in [-0.05, 0) is 47.4 Å². The second-order valence-electron chi connectivity index (χ2n) is 10.5. The smallest absolute Gasteiger partial charge is 0.294 e. The molecule has 2 aromatic heterocycles. The molecule has 4 aromatic rings. The number of para-hydroxylation sites is 1. The molecule has 1 amide bonds. The van der Waals surface area contributed by atoms with Gasteiger partial charge in [0.15, 0.2) is 11.6 Å². The lowest BCUT2D eigenvalue weighted by Crippen LogP contribution is -2.13. The molecular formula is C31H28FN5O3. The molecule has 3 heterocycles. The molecule has 9 heteroatoms. The number of aryl methyl sites for hydroxylation is 1. The summed E-state index contributed by atoms with van der Waals surface area (Å²) >= 11 is 0. The summed E-state index contributed by atoms with van der Waals surface area (Å²) in [4.78, 5) is 37.8. The van der Waals surface area contributed by atoms with E-state index in [1.165, 1.54) is 12.1 Å². The molecule has 0 bridgehead atoms. The van der Waals surface area contributed by atoms with Crippen molar-refractivity contribution in [3.05, 3.63) is 102 Å². The standard InChI is InChI=1S/C31H28FN5O3/c1-5-27(39)34-24-9-7-6-8-21(24)25-17-22-20(14-15-33-28(22)35-25)19-11-10-18(23(32)16-19)12-13-26(38)29-36-30(37-40-29)31(2,3)4/h5-11,14-16H,1,12-13,17H2,2-4H3,(H,34,39). The van der Waals surface area contributed by atoms with Gasteiger partial charge in [0.1, 0.15) is 5.82 Å². The van der Waals surface area contributed by atoms with E-state index in [0.29, 0.717) is 34.9 Å². The number of fused-ring (bicyclic) bond motifs is 1. The highest BCUT2D eigenvalue weighted by Gasteiger charge is 2.25. The van der Waals surface area contributed by atoms with Crippen LogP contribution < -0.4 is 5.32 Å². The largest absolute Gasteiger partial charge is 0.331 e. The van der Waals surface area contributed by atoms with Crippen molar-refractivity contribution in [2.45, 2.75) is 45.4 Å². The molecule has 1 aliphatic heterocycles. The minimum Gasteiger partial charge on any atom is -0.331 e. The molecule has 1 aliphatic rings. The zero-order valence-corrected chi connectivity index (χ0v) is 22.5. The van der Waals surface area contributed by atoms with Crippen molar-refractivity contribution < 1.29 is 18.5 Å². The number of halogens is 1. The van der Waals surface area contributed by atoms with E-state index < -0.39 is 5.82 Å². The Morgan fingerprint density at radius 1 is 1.12 bits per heavy atom. The number of nitrogens with zero attached hydrogens (tertiary/aromatic N) is 4. The van der Waals surface area contributed by atoms with Crippen molar-refractivity contribution in [2.75, 3.05) is 5.32 Å². The first-order chi connectivity index (χ1) is 19.1. The molecule has 0 saturated heterocycles. The van der Waals surface area contributed by atoms with E-state index in [1.54, 1.807) is 18.3 Å².